The summed E-state index contributed by atoms with van der Waals surface area (Å²) in [5.74, 6) is -0.0156. The van der Waals surface area contributed by atoms with Crippen molar-refractivity contribution < 1.29 is 27.4 Å². The summed E-state index contributed by atoms with van der Waals surface area (Å²) in [5.41, 5.74) is 1.30. The van der Waals surface area contributed by atoms with Crippen LogP contribution in [-0.4, -0.2) is 25.3 Å². The summed E-state index contributed by atoms with van der Waals surface area (Å²) in [6, 6.07) is 11.1. The van der Waals surface area contributed by atoms with E-state index in [1.54, 1.807) is 25.1 Å². The lowest BCUT2D eigenvalue weighted by Gasteiger charge is -2.13. The molecule has 0 aliphatic heterocycles. The molecule has 1 amide bonds. The van der Waals surface area contributed by atoms with Gasteiger partial charge in [-0.25, -0.2) is 0 Å². The van der Waals surface area contributed by atoms with Gasteiger partial charge in [-0.05, 0) is 36.8 Å². The Morgan fingerprint density at radius 3 is 2.46 bits per heavy atom. The van der Waals surface area contributed by atoms with E-state index in [1.165, 1.54) is 24.3 Å². The number of carbonyl (C=O) groups is 1. The SMILES string of the molecule is CCOc1c(Cl)cccc1NC(=O)c1ccc(COCC(F)(F)F)cc1. The Morgan fingerprint density at radius 2 is 1.85 bits per heavy atom. The van der Waals surface area contributed by atoms with E-state index in [0.717, 1.165) is 0 Å². The lowest BCUT2D eigenvalue weighted by molar-refractivity contribution is -0.176. The molecule has 4 nitrogen and oxygen atoms in total. The molecule has 2 aromatic rings. The number of hydrogen-bond donors (Lipinski definition) is 1. The van der Waals surface area contributed by atoms with Gasteiger partial charge < -0.3 is 14.8 Å². The largest absolute Gasteiger partial charge is 0.490 e. The van der Waals surface area contributed by atoms with Gasteiger partial charge in [0.15, 0.2) is 5.75 Å². The van der Waals surface area contributed by atoms with Gasteiger partial charge in [0, 0.05) is 5.56 Å². The number of para-hydroxylation sites is 1. The van der Waals surface area contributed by atoms with Gasteiger partial charge in [0.2, 0.25) is 0 Å². The molecule has 0 heterocycles. The first-order chi connectivity index (χ1) is 12.3. The molecule has 26 heavy (non-hydrogen) atoms. The summed E-state index contributed by atoms with van der Waals surface area (Å²) < 4.78 is 46.2. The van der Waals surface area contributed by atoms with Crippen LogP contribution in [0.3, 0.4) is 0 Å². The van der Waals surface area contributed by atoms with Gasteiger partial charge in [0.1, 0.15) is 6.61 Å². The maximum Gasteiger partial charge on any atom is 0.411 e. The minimum Gasteiger partial charge on any atom is -0.490 e. The molecule has 2 aromatic carbocycles. The first-order valence-corrected chi connectivity index (χ1v) is 8.14. The van der Waals surface area contributed by atoms with Crippen LogP contribution in [-0.2, 0) is 11.3 Å². The highest BCUT2D eigenvalue weighted by atomic mass is 35.5. The van der Waals surface area contributed by atoms with Crippen LogP contribution in [0.4, 0.5) is 18.9 Å². The summed E-state index contributed by atoms with van der Waals surface area (Å²) in [4.78, 5) is 12.3. The summed E-state index contributed by atoms with van der Waals surface area (Å²) in [6.07, 6.45) is -4.37. The molecule has 0 aliphatic rings. The molecule has 0 aromatic heterocycles. The second-order valence-electron chi connectivity index (χ2n) is 5.31. The predicted octanol–water partition coefficient (Wildman–Crippen LogP) is 5.07. The molecule has 0 spiro atoms. The van der Waals surface area contributed by atoms with Crippen molar-refractivity contribution in [1.82, 2.24) is 0 Å². The molecule has 1 N–H and O–H groups in total. The molecule has 0 saturated carbocycles. The van der Waals surface area contributed by atoms with Gasteiger partial charge in [-0.3, -0.25) is 4.79 Å². The third kappa shape index (κ3) is 5.93. The second-order valence-corrected chi connectivity index (χ2v) is 5.72. The number of carbonyl (C=O) groups excluding carboxylic acids is 1. The van der Waals surface area contributed by atoms with Crippen molar-refractivity contribution in [1.29, 1.82) is 0 Å². The molecule has 140 valence electrons. The number of rotatable bonds is 7. The van der Waals surface area contributed by atoms with Crippen LogP contribution in [0.25, 0.3) is 0 Å². The second kappa shape index (κ2) is 8.91. The lowest BCUT2D eigenvalue weighted by atomic mass is 10.1. The Bertz CT molecular complexity index is 748. The van der Waals surface area contributed by atoms with Crippen molar-refractivity contribution >= 4 is 23.2 Å². The molecule has 0 bridgehead atoms. The minimum absolute atomic E-state index is 0.190. The Balaban J connectivity index is 2.01. The maximum absolute atomic E-state index is 12.3. The fraction of sp³-hybridized carbons (Fsp3) is 0.278. The quantitative estimate of drug-likeness (QED) is 0.721. The maximum atomic E-state index is 12.3. The van der Waals surface area contributed by atoms with Gasteiger partial charge in [0.05, 0.1) is 23.9 Å². The molecule has 0 atom stereocenters. The normalized spacial score (nSPS) is 11.3. The lowest BCUT2D eigenvalue weighted by Crippen LogP contribution is -2.16. The highest BCUT2D eigenvalue weighted by molar-refractivity contribution is 6.32. The third-order valence-electron chi connectivity index (χ3n) is 3.25. The fourth-order valence-electron chi connectivity index (χ4n) is 2.13. The zero-order valence-electron chi connectivity index (χ0n) is 13.9. The van der Waals surface area contributed by atoms with Crippen molar-refractivity contribution in [2.45, 2.75) is 19.7 Å². The number of amides is 1. The summed E-state index contributed by atoms with van der Waals surface area (Å²) in [7, 11) is 0. The first-order valence-electron chi connectivity index (χ1n) is 7.76. The highest BCUT2D eigenvalue weighted by Gasteiger charge is 2.27. The Kier molecular flexibility index (Phi) is 6.88. The molecule has 0 aliphatic carbocycles. The molecule has 0 unspecified atom stereocenters. The van der Waals surface area contributed by atoms with Gasteiger partial charge in [-0.15, -0.1) is 0 Å². The van der Waals surface area contributed by atoms with Gasteiger partial charge in [-0.1, -0.05) is 29.8 Å². The highest BCUT2D eigenvalue weighted by Crippen LogP contribution is 2.33. The van der Waals surface area contributed by atoms with Gasteiger partial charge in [-0.2, -0.15) is 13.2 Å². The minimum atomic E-state index is -4.37. The molecule has 2 rings (SSSR count). The molecule has 8 heteroatoms. The molecule has 0 radical (unpaired) electrons. The van der Waals surface area contributed by atoms with Crippen molar-refractivity contribution in [3.63, 3.8) is 0 Å². The average Bonchev–Trinajstić information content (AvgIpc) is 2.57. The van der Waals surface area contributed by atoms with E-state index in [2.05, 4.69) is 10.1 Å². The molecule has 0 saturated heterocycles. The van der Waals surface area contributed by atoms with Crippen LogP contribution >= 0.6 is 11.6 Å². The van der Waals surface area contributed by atoms with Gasteiger partial charge in [0.25, 0.3) is 5.91 Å². The first kappa shape index (κ1) is 20.1. The number of anilines is 1. The fourth-order valence-corrected chi connectivity index (χ4v) is 2.36. The standard InChI is InChI=1S/C18H17ClF3NO3/c1-2-26-16-14(19)4-3-5-15(16)23-17(24)13-8-6-12(7-9-13)10-25-11-18(20,21)22/h3-9H,2,10-11H2,1H3,(H,23,24). The van der Waals surface area contributed by atoms with E-state index < -0.39 is 18.7 Å². The van der Waals surface area contributed by atoms with Crippen LogP contribution in [0.15, 0.2) is 42.5 Å². The number of alkyl halides is 3. The van der Waals surface area contributed by atoms with E-state index in [4.69, 9.17) is 16.3 Å². The van der Waals surface area contributed by atoms with Crippen LogP contribution in [0.2, 0.25) is 5.02 Å². The molecular weight excluding hydrogens is 371 g/mol. The van der Waals surface area contributed by atoms with Crippen molar-refractivity contribution in [2.75, 3.05) is 18.5 Å². The Morgan fingerprint density at radius 1 is 1.15 bits per heavy atom. The van der Waals surface area contributed by atoms with Crippen LogP contribution in [0.5, 0.6) is 5.75 Å². The van der Waals surface area contributed by atoms with Crippen LogP contribution < -0.4 is 10.1 Å². The smallest absolute Gasteiger partial charge is 0.411 e. The number of hydrogen-bond acceptors (Lipinski definition) is 3. The van der Waals surface area contributed by atoms with E-state index in [0.29, 0.717) is 34.2 Å². The Hall–Kier alpha value is -2.25. The summed E-state index contributed by atoms with van der Waals surface area (Å²) >= 11 is 6.07. The van der Waals surface area contributed by atoms with Crippen molar-refractivity contribution in [3.05, 3.63) is 58.6 Å². The number of halogens is 4. The van der Waals surface area contributed by atoms with Gasteiger partial charge >= 0.3 is 6.18 Å². The molecule has 0 fully saturated rings. The molecular formula is C18H17ClF3NO3. The average molecular weight is 388 g/mol. The van der Waals surface area contributed by atoms with Crippen molar-refractivity contribution in [3.8, 4) is 5.75 Å². The number of ether oxygens (including phenoxy) is 2. The van der Waals surface area contributed by atoms with Crippen LogP contribution in [0.1, 0.15) is 22.8 Å². The predicted molar refractivity (Wildman–Crippen MR) is 92.7 cm³/mol. The number of nitrogens with one attached hydrogen (secondary N) is 1. The van der Waals surface area contributed by atoms with E-state index in [9.17, 15) is 18.0 Å². The zero-order valence-corrected chi connectivity index (χ0v) is 14.7. The van der Waals surface area contributed by atoms with Crippen molar-refractivity contribution in [2.24, 2.45) is 0 Å². The number of benzene rings is 2. The zero-order chi connectivity index (χ0) is 19.2. The third-order valence-corrected chi connectivity index (χ3v) is 3.55. The monoisotopic (exact) mass is 387 g/mol. The van der Waals surface area contributed by atoms with E-state index in [1.807, 2.05) is 0 Å². The van der Waals surface area contributed by atoms with Crippen LogP contribution in [0, 0.1) is 0 Å². The topological polar surface area (TPSA) is 47.6 Å². The van der Waals surface area contributed by atoms with E-state index >= 15 is 0 Å². The summed E-state index contributed by atoms with van der Waals surface area (Å²) in [6.45, 7) is 0.683. The van der Waals surface area contributed by atoms with E-state index in [-0.39, 0.29) is 6.61 Å². The Labute approximate surface area is 153 Å². The summed E-state index contributed by atoms with van der Waals surface area (Å²) in [5, 5.41) is 3.08.